The van der Waals surface area contributed by atoms with Crippen LogP contribution in [0.2, 0.25) is 0 Å². The molecule has 2 aromatic rings. The molecule has 0 bridgehead atoms. The molecule has 0 amide bonds. The van der Waals surface area contributed by atoms with Crippen LogP contribution in [0.5, 0.6) is 0 Å². The summed E-state index contributed by atoms with van der Waals surface area (Å²) >= 11 is 1.86. The zero-order chi connectivity index (χ0) is 12.8. The summed E-state index contributed by atoms with van der Waals surface area (Å²) < 4.78 is 0. The van der Waals surface area contributed by atoms with Crippen LogP contribution in [0.15, 0.2) is 47.8 Å². The Bertz CT molecular complexity index is 449. The Morgan fingerprint density at radius 1 is 1.11 bits per heavy atom. The molecule has 2 heteroatoms. The van der Waals surface area contributed by atoms with Gasteiger partial charge >= 0.3 is 0 Å². The molecule has 0 aliphatic heterocycles. The van der Waals surface area contributed by atoms with Gasteiger partial charge in [-0.25, -0.2) is 0 Å². The van der Waals surface area contributed by atoms with Crippen LogP contribution in [-0.4, -0.2) is 13.6 Å². The second-order valence-electron chi connectivity index (χ2n) is 4.79. The van der Waals surface area contributed by atoms with Crippen molar-refractivity contribution < 1.29 is 0 Å². The molecule has 1 aromatic carbocycles. The lowest BCUT2D eigenvalue weighted by molar-refractivity contribution is 0.393. The number of hydrogen-bond donors (Lipinski definition) is 1. The maximum absolute atomic E-state index is 3.38. The van der Waals surface area contributed by atoms with Crippen LogP contribution >= 0.6 is 11.3 Å². The van der Waals surface area contributed by atoms with Gasteiger partial charge in [-0.05, 0) is 36.9 Å². The number of benzene rings is 1. The van der Waals surface area contributed by atoms with Crippen LogP contribution in [0.1, 0.15) is 23.8 Å². The molecule has 1 unspecified atom stereocenters. The van der Waals surface area contributed by atoms with Crippen molar-refractivity contribution in [2.45, 2.75) is 25.2 Å². The molecule has 96 valence electrons. The molecule has 18 heavy (non-hydrogen) atoms. The summed E-state index contributed by atoms with van der Waals surface area (Å²) in [4.78, 5) is 1.47. The van der Waals surface area contributed by atoms with Gasteiger partial charge in [0, 0.05) is 16.8 Å². The summed E-state index contributed by atoms with van der Waals surface area (Å²) in [5.74, 6) is 0. The van der Waals surface area contributed by atoms with Crippen molar-refractivity contribution in [1.29, 1.82) is 0 Å². The molecule has 1 N–H and O–H groups in total. The molecule has 0 aliphatic rings. The first-order valence-electron chi connectivity index (χ1n) is 6.53. The Hall–Kier alpha value is -1.12. The maximum Gasteiger partial charge on any atom is 0.0123 e. The smallest absolute Gasteiger partial charge is 0.0123 e. The lowest BCUT2D eigenvalue weighted by Crippen LogP contribution is -2.38. The molecule has 1 aromatic heterocycles. The molecule has 0 aliphatic carbocycles. The van der Waals surface area contributed by atoms with Crippen LogP contribution in [0.4, 0.5) is 0 Å². The first kappa shape index (κ1) is 13.3. The highest BCUT2D eigenvalue weighted by molar-refractivity contribution is 7.09. The molecular weight excluding hydrogens is 238 g/mol. The van der Waals surface area contributed by atoms with Gasteiger partial charge in [-0.15, -0.1) is 11.3 Å². The molecule has 0 fully saturated rings. The normalized spacial score (nSPS) is 14.3. The van der Waals surface area contributed by atoms with Gasteiger partial charge in [0.1, 0.15) is 0 Å². The summed E-state index contributed by atoms with van der Waals surface area (Å²) in [6.07, 6.45) is 2.27. The van der Waals surface area contributed by atoms with Crippen molar-refractivity contribution in [2.75, 3.05) is 13.6 Å². The summed E-state index contributed by atoms with van der Waals surface area (Å²) in [6.45, 7) is 3.31. The van der Waals surface area contributed by atoms with Crippen molar-refractivity contribution in [2.24, 2.45) is 0 Å². The quantitative estimate of drug-likeness (QED) is 0.830. The third kappa shape index (κ3) is 2.82. The van der Waals surface area contributed by atoms with E-state index < -0.39 is 0 Å². The Balaban J connectivity index is 2.33. The third-order valence-electron chi connectivity index (χ3n) is 3.67. The second kappa shape index (κ2) is 6.17. The monoisotopic (exact) mass is 259 g/mol. The average molecular weight is 259 g/mol. The van der Waals surface area contributed by atoms with E-state index >= 15 is 0 Å². The molecule has 2 rings (SSSR count). The van der Waals surface area contributed by atoms with Gasteiger partial charge in [-0.2, -0.15) is 0 Å². The summed E-state index contributed by atoms with van der Waals surface area (Å²) in [5, 5.41) is 5.54. The topological polar surface area (TPSA) is 12.0 Å². The standard InChI is InChI=1S/C16H21NS/c1-3-16(13-17-2,12-15-10-7-11-18-15)14-8-5-4-6-9-14/h4-11,17H,3,12-13H2,1-2H3. The van der Waals surface area contributed by atoms with E-state index in [9.17, 15) is 0 Å². The van der Waals surface area contributed by atoms with Gasteiger partial charge in [0.15, 0.2) is 0 Å². The van der Waals surface area contributed by atoms with Gasteiger partial charge in [-0.3, -0.25) is 0 Å². The highest BCUT2D eigenvalue weighted by atomic mass is 32.1. The fourth-order valence-electron chi connectivity index (χ4n) is 2.60. The number of likely N-dealkylation sites (N-methyl/N-ethyl adjacent to an activating group) is 1. The van der Waals surface area contributed by atoms with Crippen LogP contribution in [0.25, 0.3) is 0 Å². The molecule has 0 radical (unpaired) electrons. The van der Waals surface area contributed by atoms with Gasteiger partial charge in [-0.1, -0.05) is 43.3 Å². The summed E-state index contributed by atoms with van der Waals surface area (Å²) in [5.41, 5.74) is 1.65. The van der Waals surface area contributed by atoms with Crippen molar-refractivity contribution in [3.05, 3.63) is 58.3 Å². The molecule has 1 nitrogen and oxygen atoms in total. The van der Waals surface area contributed by atoms with Crippen molar-refractivity contribution >= 4 is 11.3 Å². The maximum atomic E-state index is 3.38. The number of rotatable bonds is 6. The van der Waals surface area contributed by atoms with E-state index in [0.29, 0.717) is 0 Å². The van der Waals surface area contributed by atoms with Crippen LogP contribution in [0, 0.1) is 0 Å². The summed E-state index contributed by atoms with van der Waals surface area (Å²) in [6, 6.07) is 15.3. The Kier molecular flexibility index (Phi) is 4.56. The highest BCUT2D eigenvalue weighted by Gasteiger charge is 2.30. The molecular formula is C16H21NS. The van der Waals surface area contributed by atoms with Gasteiger partial charge in [0.05, 0.1) is 0 Å². The SMILES string of the molecule is CCC(CNC)(Cc1cccs1)c1ccccc1. The van der Waals surface area contributed by atoms with E-state index in [1.807, 2.05) is 18.4 Å². The van der Waals surface area contributed by atoms with Crippen molar-refractivity contribution in [1.82, 2.24) is 5.32 Å². The predicted molar refractivity (Wildman–Crippen MR) is 80.4 cm³/mol. The largest absolute Gasteiger partial charge is 0.319 e. The fraction of sp³-hybridized carbons (Fsp3) is 0.375. The predicted octanol–water partition coefficient (Wildman–Crippen LogP) is 3.86. The molecule has 1 atom stereocenters. The second-order valence-corrected chi connectivity index (χ2v) is 5.82. The van der Waals surface area contributed by atoms with E-state index in [1.54, 1.807) is 0 Å². The third-order valence-corrected chi connectivity index (χ3v) is 4.55. The van der Waals surface area contributed by atoms with E-state index in [4.69, 9.17) is 0 Å². The Morgan fingerprint density at radius 3 is 2.44 bits per heavy atom. The average Bonchev–Trinajstić information content (AvgIpc) is 2.92. The lowest BCUT2D eigenvalue weighted by Gasteiger charge is -2.33. The van der Waals surface area contributed by atoms with Crippen LogP contribution < -0.4 is 5.32 Å². The van der Waals surface area contributed by atoms with Crippen LogP contribution in [-0.2, 0) is 11.8 Å². The minimum absolute atomic E-state index is 0.209. The van der Waals surface area contributed by atoms with Gasteiger partial charge in [0.2, 0.25) is 0 Å². The molecule has 1 heterocycles. The van der Waals surface area contributed by atoms with Crippen molar-refractivity contribution in [3.63, 3.8) is 0 Å². The number of hydrogen-bond acceptors (Lipinski definition) is 2. The van der Waals surface area contributed by atoms with Crippen LogP contribution in [0.3, 0.4) is 0 Å². The zero-order valence-electron chi connectivity index (χ0n) is 11.1. The lowest BCUT2D eigenvalue weighted by atomic mass is 9.75. The van der Waals surface area contributed by atoms with Gasteiger partial charge < -0.3 is 5.32 Å². The molecule has 0 spiro atoms. The summed E-state index contributed by atoms with van der Waals surface area (Å²) in [7, 11) is 2.04. The van der Waals surface area contributed by atoms with E-state index in [0.717, 1.165) is 19.4 Å². The fourth-order valence-corrected chi connectivity index (χ4v) is 3.45. The Labute approximate surface area is 114 Å². The van der Waals surface area contributed by atoms with Crippen molar-refractivity contribution in [3.8, 4) is 0 Å². The first-order chi connectivity index (χ1) is 8.80. The van der Waals surface area contributed by atoms with E-state index in [2.05, 4.69) is 60.1 Å². The number of thiophene rings is 1. The molecule has 0 saturated heterocycles. The molecule has 0 saturated carbocycles. The van der Waals surface area contributed by atoms with E-state index in [-0.39, 0.29) is 5.41 Å². The highest BCUT2D eigenvalue weighted by Crippen LogP contribution is 2.32. The minimum atomic E-state index is 0.209. The van der Waals surface area contributed by atoms with Gasteiger partial charge in [0.25, 0.3) is 0 Å². The number of nitrogens with one attached hydrogen (secondary N) is 1. The minimum Gasteiger partial charge on any atom is -0.319 e. The first-order valence-corrected chi connectivity index (χ1v) is 7.41. The Morgan fingerprint density at radius 2 is 1.89 bits per heavy atom. The zero-order valence-corrected chi connectivity index (χ0v) is 12.0. The van der Waals surface area contributed by atoms with E-state index in [1.165, 1.54) is 10.4 Å².